The van der Waals surface area contributed by atoms with Gasteiger partial charge in [0.15, 0.2) is 0 Å². The molecule has 2 aromatic rings. The minimum atomic E-state index is -2.99. The van der Waals surface area contributed by atoms with E-state index in [1.54, 1.807) is 13.8 Å². The van der Waals surface area contributed by atoms with Gasteiger partial charge in [-0.05, 0) is 31.5 Å². The quantitative estimate of drug-likeness (QED) is 0.605. The molecule has 6 nitrogen and oxygen atoms in total. The molecule has 9 heteroatoms. The number of ether oxygens (including phenoxy) is 2. The molecule has 0 fully saturated rings. The maximum atomic E-state index is 12.5. The molecule has 0 saturated heterocycles. The maximum absolute atomic E-state index is 12.5. The zero-order valence-corrected chi connectivity index (χ0v) is 14.6. The van der Waals surface area contributed by atoms with E-state index in [-0.39, 0.29) is 16.5 Å². The molecular formula is C16H15ClF2N2O4. The molecule has 0 atom stereocenters. The van der Waals surface area contributed by atoms with E-state index in [1.807, 2.05) is 0 Å². The van der Waals surface area contributed by atoms with Gasteiger partial charge in [0.05, 0.1) is 16.3 Å². The summed E-state index contributed by atoms with van der Waals surface area (Å²) in [6.07, 6.45) is 0. The smallest absolute Gasteiger partial charge is 0.388 e. The number of carbonyl (C=O) groups excluding carboxylic acids is 2. The maximum Gasteiger partial charge on any atom is 0.388 e. The molecule has 0 amide bonds. The summed E-state index contributed by atoms with van der Waals surface area (Å²) in [5.41, 5.74) is 1.84. The molecule has 0 saturated carbocycles. The lowest BCUT2D eigenvalue weighted by atomic mass is 10.00. The number of aromatic nitrogens is 2. The highest BCUT2D eigenvalue weighted by Gasteiger charge is 2.22. The molecule has 0 radical (unpaired) electrons. The van der Waals surface area contributed by atoms with E-state index in [0.29, 0.717) is 22.4 Å². The van der Waals surface area contributed by atoms with Gasteiger partial charge in [-0.15, -0.1) is 0 Å². The second kappa shape index (κ2) is 7.18. The monoisotopic (exact) mass is 372 g/mol. The predicted octanol–water partition coefficient (Wildman–Crippen LogP) is 3.66. The number of halogens is 3. The lowest BCUT2D eigenvalue weighted by Crippen LogP contribution is -2.10. The van der Waals surface area contributed by atoms with Crippen LogP contribution in [0.5, 0.6) is 5.88 Å². The Balaban J connectivity index is 2.57. The Labute approximate surface area is 147 Å². The minimum Gasteiger partial charge on any atom is -0.417 e. The second-order valence-electron chi connectivity index (χ2n) is 5.31. The van der Waals surface area contributed by atoms with Crippen molar-refractivity contribution in [2.24, 2.45) is 7.05 Å². The van der Waals surface area contributed by atoms with E-state index < -0.39 is 18.6 Å². The van der Waals surface area contributed by atoms with Crippen molar-refractivity contribution < 1.29 is 27.8 Å². The molecule has 1 heterocycles. The van der Waals surface area contributed by atoms with Crippen molar-refractivity contribution in [2.45, 2.75) is 27.4 Å². The zero-order valence-electron chi connectivity index (χ0n) is 13.9. The number of rotatable bonds is 4. The van der Waals surface area contributed by atoms with Crippen LogP contribution in [0.3, 0.4) is 0 Å². The van der Waals surface area contributed by atoms with Crippen molar-refractivity contribution in [2.75, 3.05) is 0 Å². The van der Waals surface area contributed by atoms with Crippen molar-refractivity contribution in [3.63, 3.8) is 0 Å². The highest BCUT2D eigenvalue weighted by molar-refractivity contribution is 6.34. The highest BCUT2D eigenvalue weighted by Crippen LogP contribution is 2.34. The number of esters is 2. The van der Waals surface area contributed by atoms with Crippen molar-refractivity contribution in [1.29, 1.82) is 0 Å². The standard InChI is InChI=1S/C16H15ClF2N2O4/c1-7-5-12(17)11(15(23)24-9(3)22)6-10(7)13-8(2)14(21(4)20-13)25-16(18)19/h5-6,16H,1-4H3. The lowest BCUT2D eigenvalue weighted by Gasteiger charge is -2.09. The van der Waals surface area contributed by atoms with Gasteiger partial charge in [0, 0.05) is 25.1 Å². The van der Waals surface area contributed by atoms with Crippen LogP contribution in [0.15, 0.2) is 12.1 Å². The molecule has 0 aliphatic rings. The van der Waals surface area contributed by atoms with Gasteiger partial charge < -0.3 is 9.47 Å². The normalized spacial score (nSPS) is 10.9. The molecule has 0 spiro atoms. The van der Waals surface area contributed by atoms with E-state index in [2.05, 4.69) is 14.6 Å². The number of hydrogen-bond donors (Lipinski definition) is 0. The predicted molar refractivity (Wildman–Crippen MR) is 85.9 cm³/mol. The fraction of sp³-hybridized carbons (Fsp3) is 0.312. The summed E-state index contributed by atoms with van der Waals surface area (Å²) >= 11 is 6.05. The van der Waals surface area contributed by atoms with Crippen LogP contribution in [0, 0.1) is 13.8 Å². The van der Waals surface area contributed by atoms with E-state index in [9.17, 15) is 18.4 Å². The topological polar surface area (TPSA) is 70.4 Å². The summed E-state index contributed by atoms with van der Waals surface area (Å²) in [5, 5.41) is 4.28. The Morgan fingerprint density at radius 3 is 2.48 bits per heavy atom. The van der Waals surface area contributed by atoms with E-state index in [4.69, 9.17) is 11.6 Å². The van der Waals surface area contributed by atoms with Gasteiger partial charge in [-0.25, -0.2) is 9.48 Å². The zero-order chi connectivity index (χ0) is 18.9. The Hall–Kier alpha value is -2.48. The number of hydrogen-bond acceptors (Lipinski definition) is 5. The summed E-state index contributed by atoms with van der Waals surface area (Å²) in [6.45, 7) is 1.40. The first-order valence-corrected chi connectivity index (χ1v) is 7.51. The summed E-state index contributed by atoms with van der Waals surface area (Å²) in [5.74, 6) is -1.77. The van der Waals surface area contributed by atoms with Crippen LogP contribution in [0.25, 0.3) is 11.3 Å². The Bertz CT molecular complexity index is 849. The first-order chi connectivity index (χ1) is 11.6. The molecule has 134 valence electrons. The summed E-state index contributed by atoms with van der Waals surface area (Å²) in [4.78, 5) is 23.0. The molecule has 0 N–H and O–H groups in total. The van der Waals surface area contributed by atoms with Crippen LogP contribution in [0.2, 0.25) is 5.02 Å². The summed E-state index contributed by atoms with van der Waals surface area (Å²) in [7, 11) is 1.46. The van der Waals surface area contributed by atoms with Crippen molar-refractivity contribution in [3.05, 3.63) is 33.8 Å². The third kappa shape index (κ3) is 3.96. The molecule has 1 aromatic carbocycles. The second-order valence-corrected chi connectivity index (χ2v) is 5.72. The Kier molecular flexibility index (Phi) is 5.42. The van der Waals surface area contributed by atoms with Crippen LogP contribution in [-0.2, 0) is 16.6 Å². The summed E-state index contributed by atoms with van der Waals surface area (Å²) in [6, 6.07) is 2.92. The Morgan fingerprint density at radius 1 is 1.28 bits per heavy atom. The highest BCUT2D eigenvalue weighted by atomic mass is 35.5. The molecule has 2 rings (SSSR count). The van der Waals surface area contributed by atoms with Crippen LogP contribution >= 0.6 is 11.6 Å². The molecule has 25 heavy (non-hydrogen) atoms. The lowest BCUT2D eigenvalue weighted by molar-refractivity contribution is -0.135. The third-order valence-corrected chi connectivity index (χ3v) is 3.76. The van der Waals surface area contributed by atoms with Crippen LogP contribution < -0.4 is 4.74 Å². The number of nitrogens with zero attached hydrogens (tertiary/aromatic N) is 2. The molecule has 0 bridgehead atoms. The van der Waals surface area contributed by atoms with Crippen molar-refractivity contribution in [3.8, 4) is 17.1 Å². The largest absolute Gasteiger partial charge is 0.417 e. The summed E-state index contributed by atoms with van der Waals surface area (Å²) < 4.78 is 35.3. The number of aryl methyl sites for hydroxylation is 2. The van der Waals surface area contributed by atoms with Gasteiger partial charge in [-0.2, -0.15) is 13.9 Å². The third-order valence-electron chi connectivity index (χ3n) is 3.45. The fourth-order valence-corrected chi connectivity index (χ4v) is 2.68. The van der Waals surface area contributed by atoms with Gasteiger partial charge in [0.2, 0.25) is 5.88 Å². The van der Waals surface area contributed by atoms with Crippen molar-refractivity contribution in [1.82, 2.24) is 9.78 Å². The first kappa shape index (κ1) is 18.9. The van der Waals surface area contributed by atoms with Gasteiger partial charge in [-0.3, -0.25) is 4.79 Å². The fourth-order valence-electron chi connectivity index (χ4n) is 2.39. The van der Waals surface area contributed by atoms with Crippen LogP contribution in [-0.4, -0.2) is 28.3 Å². The van der Waals surface area contributed by atoms with E-state index in [0.717, 1.165) is 6.92 Å². The van der Waals surface area contributed by atoms with Crippen LogP contribution in [0.4, 0.5) is 8.78 Å². The van der Waals surface area contributed by atoms with Crippen molar-refractivity contribution >= 4 is 23.5 Å². The Morgan fingerprint density at radius 2 is 1.92 bits per heavy atom. The average Bonchev–Trinajstić information content (AvgIpc) is 2.74. The van der Waals surface area contributed by atoms with Gasteiger partial charge in [-0.1, -0.05) is 11.6 Å². The number of alkyl halides is 2. The van der Waals surface area contributed by atoms with Crippen LogP contribution in [0.1, 0.15) is 28.4 Å². The molecular weight excluding hydrogens is 358 g/mol. The molecule has 0 unspecified atom stereocenters. The van der Waals surface area contributed by atoms with Gasteiger partial charge >= 0.3 is 18.6 Å². The SMILES string of the molecule is CC(=O)OC(=O)c1cc(-c2nn(C)c(OC(F)F)c2C)c(C)cc1Cl. The molecule has 0 aliphatic heterocycles. The number of benzene rings is 1. The minimum absolute atomic E-state index is 0.0288. The first-order valence-electron chi connectivity index (χ1n) is 7.13. The number of carbonyl (C=O) groups is 2. The average molecular weight is 373 g/mol. The molecule has 0 aliphatic carbocycles. The van der Waals surface area contributed by atoms with Gasteiger partial charge in [0.25, 0.3) is 0 Å². The molecule has 1 aromatic heterocycles. The van der Waals surface area contributed by atoms with Gasteiger partial charge in [0.1, 0.15) is 0 Å². The van der Waals surface area contributed by atoms with E-state index in [1.165, 1.54) is 23.9 Å². The van der Waals surface area contributed by atoms with E-state index >= 15 is 0 Å².